The van der Waals surface area contributed by atoms with Gasteiger partial charge in [-0.2, -0.15) is 0 Å². The lowest BCUT2D eigenvalue weighted by Gasteiger charge is -2.28. The van der Waals surface area contributed by atoms with Crippen molar-refractivity contribution in [1.82, 2.24) is 15.0 Å². The van der Waals surface area contributed by atoms with E-state index < -0.39 is 23.0 Å². The minimum Gasteiger partial charge on any atom is -0.343 e. The van der Waals surface area contributed by atoms with Crippen molar-refractivity contribution in [3.63, 3.8) is 0 Å². The fraction of sp³-hybridized carbons (Fsp3) is 0.200. The number of carbonyl (C=O) groups excluding carboxylic acids is 1. The molecule has 0 unspecified atom stereocenters. The molecule has 0 bridgehead atoms. The molecule has 148 valence electrons. The van der Waals surface area contributed by atoms with Crippen molar-refractivity contribution in [3.8, 4) is 0 Å². The molecule has 0 saturated heterocycles. The van der Waals surface area contributed by atoms with Gasteiger partial charge in [0.15, 0.2) is 10.9 Å². The van der Waals surface area contributed by atoms with Gasteiger partial charge in [-0.25, -0.2) is 13.8 Å². The number of halogens is 3. The fourth-order valence-electron chi connectivity index (χ4n) is 3.11. The van der Waals surface area contributed by atoms with Gasteiger partial charge in [0.05, 0.1) is 29.6 Å². The van der Waals surface area contributed by atoms with E-state index in [4.69, 9.17) is 11.6 Å². The van der Waals surface area contributed by atoms with Crippen LogP contribution in [-0.4, -0.2) is 33.8 Å². The smallest absolute Gasteiger partial charge is 0.185 e. The molecule has 5 nitrogen and oxygen atoms in total. The van der Waals surface area contributed by atoms with Crippen LogP contribution in [0.4, 0.5) is 13.9 Å². The predicted octanol–water partition coefficient (Wildman–Crippen LogP) is 4.50. The van der Waals surface area contributed by atoms with Crippen LogP contribution in [0, 0.1) is 11.6 Å². The number of carbonyl (C=O) groups is 1. The lowest BCUT2D eigenvalue weighted by Crippen LogP contribution is -2.30. The molecule has 3 heterocycles. The second-order valence-electron chi connectivity index (χ2n) is 6.46. The molecule has 29 heavy (non-hydrogen) atoms. The van der Waals surface area contributed by atoms with Crippen LogP contribution in [0.5, 0.6) is 0 Å². The summed E-state index contributed by atoms with van der Waals surface area (Å²) in [6.07, 6.45) is 5.15. The van der Waals surface area contributed by atoms with Gasteiger partial charge in [0.25, 0.3) is 0 Å². The molecule has 0 fully saturated rings. The summed E-state index contributed by atoms with van der Waals surface area (Å²) < 4.78 is 27.6. The SMILES string of the molecule is O=C(Cc1cnc(C2=C(Cl)CCN(c3nccs3)C2)cn1)c1c(F)cccc1F. The van der Waals surface area contributed by atoms with Gasteiger partial charge in [-0.05, 0) is 12.1 Å². The maximum Gasteiger partial charge on any atom is 0.185 e. The monoisotopic (exact) mass is 432 g/mol. The lowest BCUT2D eigenvalue weighted by atomic mass is 10.0. The third kappa shape index (κ3) is 4.18. The predicted molar refractivity (Wildman–Crippen MR) is 108 cm³/mol. The van der Waals surface area contributed by atoms with Gasteiger partial charge in [0, 0.05) is 47.9 Å². The van der Waals surface area contributed by atoms with Crippen molar-refractivity contribution in [3.05, 3.63) is 75.8 Å². The first-order valence-corrected chi connectivity index (χ1v) is 10.1. The zero-order valence-corrected chi connectivity index (χ0v) is 16.7. The zero-order chi connectivity index (χ0) is 20.4. The van der Waals surface area contributed by atoms with E-state index in [1.165, 1.54) is 18.5 Å². The molecule has 2 aromatic heterocycles. The third-order valence-electron chi connectivity index (χ3n) is 4.57. The summed E-state index contributed by atoms with van der Waals surface area (Å²) in [5, 5.41) is 3.54. The Hall–Kier alpha value is -2.71. The second kappa shape index (κ2) is 8.34. The highest BCUT2D eigenvalue weighted by atomic mass is 35.5. The van der Waals surface area contributed by atoms with Crippen LogP contribution in [0.2, 0.25) is 0 Å². The van der Waals surface area contributed by atoms with Gasteiger partial charge in [0.1, 0.15) is 11.6 Å². The molecule has 3 aromatic rings. The number of hydrogen-bond donors (Lipinski definition) is 0. The summed E-state index contributed by atoms with van der Waals surface area (Å²) in [6, 6.07) is 3.32. The second-order valence-corrected chi connectivity index (χ2v) is 7.79. The molecule has 0 N–H and O–H groups in total. The van der Waals surface area contributed by atoms with Crippen LogP contribution >= 0.6 is 22.9 Å². The van der Waals surface area contributed by atoms with Crippen molar-refractivity contribution in [2.24, 2.45) is 0 Å². The Kier molecular flexibility index (Phi) is 5.64. The first kappa shape index (κ1) is 19.6. The van der Waals surface area contributed by atoms with Crippen molar-refractivity contribution >= 4 is 39.4 Å². The normalized spacial score (nSPS) is 14.4. The molecular formula is C20H15ClF2N4OS. The number of thiazole rings is 1. The van der Waals surface area contributed by atoms with Crippen LogP contribution in [0.1, 0.15) is 28.2 Å². The highest BCUT2D eigenvalue weighted by Gasteiger charge is 2.22. The van der Waals surface area contributed by atoms with Gasteiger partial charge in [-0.3, -0.25) is 14.8 Å². The van der Waals surface area contributed by atoms with Gasteiger partial charge >= 0.3 is 0 Å². The molecule has 0 radical (unpaired) electrons. The van der Waals surface area contributed by atoms with Crippen LogP contribution in [-0.2, 0) is 6.42 Å². The molecule has 4 rings (SSSR count). The number of rotatable bonds is 5. The summed E-state index contributed by atoms with van der Waals surface area (Å²) in [6.45, 7) is 1.32. The standard InChI is InChI=1S/C20H15ClF2N4OS/c21-14-4-6-27(20-24-5-7-29-20)11-13(14)17-10-25-12(9-26-17)8-18(28)19-15(22)2-1-3-16(19)23/h1-3,5,7,9-10H,4,6,8,11H2. The fourth-order valence-corrected chi connectivity index (χ4v) is 4.03. The maximum absolute atomic E-state index is 13.8. The molecule has 9 heteroatoms. The molecular weight excluding hydrogens is 418 g/mol. The first-order valence-electron chi connectivity index (χ1n) is 8.83. The molecule has 0 atom stereocenters. The van der Waals surface area contributed by atoms with E-state index in [0.717, 1.165) is 29.4 Å². The number of anilines is 1. The van der Waals surface area contributed by atoms with Crippen LogP contribution in [0.25, 0.3) is 5.57 Å². The number of nitrogens with zero attached hydrogens (tertiary/aromatic N) is 4. The van der Waals surface area contributed by atoms with Gasteiger partial charge < -0.3 is 4.90 Å². The minimum atomic E-state index is -0.888. The lowest BCUT2D eigenvalue weighted by molar-refractivity contribution is 0.0983. The Morgan fingerprint density at radius 2 is 1.97 bits per heavy atom. The number of aromatic nitrogens is 3. The van der Waals surface area contributed by atoms with Gasteiger partial charge in [0.2, 0.25) is 0 Å². The topological polar surface area (TPSA) is 59.0 Å². The Labute approximate surface area is 174 Å². The number of hydrogen-bond acceptors (Lipinski definition) is 6. The number of Topliss-reactive ketones (excluding diaryl/α,β-unsaturated/α-hetero) is 1. The van der Waals surface area contributed by atoms with E-state index in [0.29, 0.717) is 29.4 Å². The highest BCUT2D eigenvalue weighted by molar-refractivity contribution is 7.13. The molecule has 1 aromatic carbocycles. The van der Waals surface area contributed by atoms with Crippen molar-refractivity contribution < 1.29 is 13.6 Å². The minimum absolute atomic E-state index is 0.247. The highest BCUT2D eigenvalue weighted by Crippen LogP contribution is 2.31. The first-order chi connectivity index (χ1) is 14.0. The van der Waals surface area contributed by atoms with Crippen molar-refractivity contribution in [2.75, 3.05) is 18.0 Å². The Morgan fingerprint density at radius 1 is 1.17 bits per heavy atom. The van der Waals surface area contributed by atoms with E-state index in [1.807, 2.05) is 5.38 Å². The van der Waals surface area contributed by atoms with E-state index in [2.05, 4.69) is 19.9 Å². The number of ketones is 1. The van der Waals surface area contributed by atoms with Crippen LogP contribution in [0.15, 0.2) is 47.2 Å². The van der Waals surface area contributed by atoms with Gasteiger partial charge in [-0.15, -0.1) is 11.3 Å². The molecule has 0 aliphatic carbocycles. The maximum atomic E-state index is 13.8. The molecule has 0 spiro atoms. The molecule has 1 aliphatic heterocycles. The van der Waals surface area contributed by atoms with Crippen LogP contribution in [0.3, 0.4) is 0 Å². The average molecular weight is 433 g/mol. The number of benzene rings is 1. The Balaban J connectivity index is 1.51. The summed E-state index contributed by atoms with van der Waals surface area (Å²) in [7, 11) is 0. The van der Waals surface area contributed by atoms with E-state index >= 15 is 0 Å². The largest absolute Gasteiger partial charge is 0.343 e. The molecule has 0 amide bonds. The molecule has 0 saturated carbocycles. The van der Waals surface area contributed by atoms with E-state index in [1.54, 1.807) is 17.5 Å². The Morgan fingerprint density at radius 3 is 2.62 bits per heavy atom. The third-order valence-corrected chi connectivity index (χ3v) is 5.81. The Bertz CT molecular complexity index is 1050. The van der Waals surface area contributed by atoms with Crippen LogP contribution < -0.4 is 4.90 Å². The van der Waals surface area contributed by atoms with E-state index in [-0.39, 0.29) is 6.42 Å². The average Bonchev–Trinajstić information content (AvgIpc) is 3.24. The molecule has 1 aliphatic rings. The summed E-state index contributed by atoms with van der Waals surface area (Å²) >= 11 is 7.97. The van der Waals surface area contributed by atoms with Gasteiger partial charge in [-0.1, -0.05) is 17.7 Å². The van der Waals surface area contributed by atoms with E-state index in [9.17, 15) is 13.6 Å². The van der Waals surface area contributed by atoms with Crippen molar-refractivity contribution in [2.45, 2.75) is 12.8 Å². The summed E-state index contributed by atoms with van der Waals surface area (Å²) in [5.41, 5.74) is 1.21. The zero-order valence-electron chi connectivity index (χ0n) is 15.1. The quantitative estimate of drug-likeness (QED) is 0.556. The van der Waals surface area contributed by atoms with Crippen molar-refractivity contribution in [1.29, 1.82) is 0 Å². The summed E-state index contributed by atoms with van der Waals surface area (Å²) in [4.78, 5) is 27.3. The summed E-state index contributed by atoms with van der Waals surface area (Å²) in [5.74, 6) is -2.46.